The summed E-state index contributed by atoms with van der Waals surface area (Å²) in [6, 6.07) is 0. The van der Waals surface area contributed by atoms with Crippen LogP contribution in [-0.2, 0) is 14.3 Å². The molecule has 200 valence electrons. The first-order valence-electron chi connectivity index (χ1n) is 12.9. The molecule has 0 aromatic heterocycles. The molecule has 1 saturated heterocycles. The summed E-state index contributed by atoms with van der Waals surface area (Å²) in [6.07, 6.45) is -0.325. The lowest BCUT2D eigenvalue weighted by Gasteiger charge is -2.58. The van der Waals surface area contributed by atoms with Gasteiger partial charge >= 0.3 is 5.97 Å². The molecule has 0 spiro atoms. The number of hydrogen-bond acceptors (Lipinski definition) is 9. The van der Waals surface area contributed by atoms with E-state index in [4.69, 9.17) is 9.47 Å². The van der Waals surface area contributed by atoms with Crippen LogP contribution < -0.4 is 0 Å². The molecule has 1 heterocycles. The van der Waals surface area contributed by atoms with Crippen molar-refractivity contribution in [2.75, 3.05) is 13.2 Å². The number of esters is 1. The minimum absolute atomic E-state index is 0.00996. The fraction of sp³-hybridized carbons (Fsp3) is 0.885. The Kier molecular flexibility index (Phi) is 7.45. The van der Waals surface area contributed by atoms with Gasteiger partial charge in [-0.2, -0.15) is 0 Å². The summed E-state index contributed by atoms with van der Waals surface area (Å²) in [5, 5.41) is 59.9. The number of aliphatic hydroxyl groups is 6. The van der Waals surface area contributed by atoms with Crippen LogP contribution >= 0.6 is 0 Å². The van der Waals surface area contributed by atoms with Crippen molar-refractivity contribution in [1.82, 2.24) is 0 Å². The average Bonchev–Trinajstić information content (AvgIpc) is 2.83. The van der Waals surface area contributed by atoms with Gasteiger partial charge in [-0.3, -0.25) is 4.79 Å². The fourth-order valence-electron chi connectivity index (χ4n) is 7.59. The molecule has 0 amide bonds. The van der Waals surface area contributed by atoms with Crippen LogP contribution in [0.3, 0.4) is 0 Å². The standard InChI is InChI=1S/C26H42O9/c1-24(18(29)13-28)10-7-15-14(11-24)5-6-17-25(15,2)8-4-9-26(17,3)23(33)35-22-21(32)20(31)19(30)16(12-27)34-22/h7,14,16-22,27-32H,4-6,8-13H2,1-3H3/t14-,16+,17-,18-,19+,20-,21+,22-,24-,25-,26+/m0/s1. The fourth-order valence-corrected chi connectivity index (χ4v) is 7.59. The minimum Gasteiger partial charge on any atom is -0.432 e. The molecule has 1 aliphatic heterocycles. The third-order valence-corrected chi connectivity index (χ3v) is 9.85. The van der Waals surface area contributed by atoms with Gasteiger partial charge in [-0.05, 0) is 68.1 Å². The average molecular weight is 499 g/mol. The van der Waals surface area contributed by atoms with Gasteiger partial charge in [0.05, 0.1) is 24.7 Å². The normalized spacial score (nSPS) is 48.8. The van der Waals surface area contributed by atoms with E-state index in [1.54, 1.807) is 0 Å². The SMILES string of the molecule is C[C@]1([C@@H](O)CO)CC=C2[C@@H](CC[C@@H]3[C@](C)(C(=O)O[C@@H]4O[C@H](CO)[C@@H](O)[C@H](O)[C@H]4O)CCC[C@@]23C)C1. The van der Waals surface area contributed by atoms with E-state index >= 15 is 0 Å². The first-order chi connectivity index (χ1) is 16.4. The number of fused-ring (bicyclic) bond motifs is 3. The highest BCUT2D eigenvalue weighted by molar-refractivity contribution is 5.77. The van der Waals surface area contributed by atoms with Crippen LogP contribution in [0.1, 0.15) is 65.7 Å². The highest BCUT2D eigenvalue weighted by Crippen LogP contribution is 2.64. The maximum atomic E-state index is 13.6. The largest absolute Gasteiger partial charge is 0.432 e. The molecule has 4 rings (SSSR count). The summed E-state index contributed by atoms with van der Waals surface area (Å²) in [4.78, 5) is 13.6. The smallest absolute Gasteiger partial charge is 0.314 e. The number of carbonyl (C=O) groups excluding carboxylic acids is 1. The number of hydrogen-bond donors (Lipinski definition) is 6. The first-order valence-corrected chi connectivity index (χ1v) is 12.9. The summed E-state index contributed by atoms with van der Waals surface area (Å²) in [5.41, 5.74) is -0.0757. The molecular formula is C26H42O9. The van der Waals surface area contributed by atoms with Crippen molar-refractivity contribution in [1.29, 1.82) is 0 Å². The molecule has 3 aliphatic carbocycles. The minimum atomic E-state index is -1.62. The highest BCUT2D eigenvalue weighted by atomic mass is 16.7. The van der Waals surface area contributed by atoms with Gasteiger partial charge in [-0.25, -0.2) is 0 Å². The number of aliphatic hydroxyl groups excluding tert-OH is 6. The Morgan fingerprint density at radius 2 is 1.83 bits per heavy atom. The van der Waals surface area contributed by atoms with Gasteiger partial charge in [0, 0.05) is 0 Å². The zero-order chi connectivity index (χ0) is 25.8. The van der Waals surface area contributed by atoms with Crippen LogP contribution in [0.15, 0.2) is 11.6 Å². The van der Waals surface area contributed by atoms with E-state index in [0.717, 1.165) is 32.1 Å². The molecular weight excluding hydrogens is 456 g/mol. The van der Waals surface area contributed by atoms with E-state index in [9.17, 15) is 35.4 Å². The van der Waals surface area contributed by atoms with Crippen LogP contribution in [0, 0.1) is 28.1 Å². The van der Waals surface area contributed by atoms with Crippen molar-refractivity contribution in [2.45, 2.75) is 103 Å². The van der Waals surface area contributed by atoms with Gasteiger partial charge in [-0.1, -0.05) is 31.9 Å². The lowest BCUT2D eigenvalue weighted by atomic mass is 9.46. The number of carbonyl (C=O) groups is 1. The summed E-state index contributed by atoms with van der Waals surface area (Å²) >= 11 is 0. The molecule has 0 unspecified atom stereocenters. The molecule has 35 heavy (non-hydrogen) atoms. The second kappa shape index (κ2) is 9.67. The lowest BCUT2D eigenvalue weighted by Crippen LogP contribution is -2.61. The topological polar surface area (TPSA) is 157 Å². The van der Waals surface area contributed by atoms with Crippen LogP contribution in [0.2, 0.25) is 0 Å². The van der Waals surface area contributed by atoms with Crippen molar-refractivity contribution >= 4 is 5.97 Å². The monoisotopic (exact) mass is 498 g/mol. The van der Waals surface area contributed by atoms with Gasteiger partial charge in [0.2, 0.25) is 6.29 Å². The maximum Gasteiger partial charge on any atom is 0.314 e. The molecule has 0 bridgehead atoms. The van der Waals surface area contributed by atoms with Crippen molar-refractivity contribution in [2.24, 2.45) is 28.1 Å². The lowest BCUT2D eigenvalue weighted by molar-refractivity contribution is -0.297. The van der Waals surface area contributed by atoms with Gasteiger partial charge in [0.15, 0.2) is 0 Å². The van der Waals surface area contributed by atoms with E-state index in [1.807, 2.05) is 13.8 Å². The quantitative estimate of drug-likeness (QED) is 0.236. The molecule has 0 aromatic carbocycles. The molecule has 9 heteroatoms. The summed E-state index contributed by atoms with van der Waals surface area (Å²) in [7, 11) is 0. The van der Waals surface area contributed by atoms with Gasteiger partial charge < -0.3 is 40.1 Å². The second-order valence-electron chi connectivity index (χ2n) is 12.0. The van der Waals surface area contributed by atoms with E-state index in [0.29, 0.717) is 18.8 Å². The Morgan fingerprint density at radius 3 is 2.49 bits per heavy atom. The van der Waals surface area contributed by atoms with E-state index in [2.05, 4.69) is 13.0 Å². The van der Waals surface area contributed by atoms with E-state index in [1.165, 1.54) is 5.57 Å². The van der Waals surface area contributed by atoms with Crippen molar-refractivity contribution in [3.63, 3.8) is 0 Å². The van der Waals surface area contributed by atoms with Crippen molar-refractivity contribution in [3.05, 3.63) is 11.6 Å². The molecule has 3 fully saturated rings. The van der Waals surface area contributed by atoms with Crippen molar-refractivity contribution < 1.29 is 44.9 Å². The summed E-state index contributed by atoms with van der Waals surface area (Å²) < 4.78 is 11.1. The summed E-state index contributed by atoms with van der Waals surface area (Å²) in [5.74, 6) is -0.205. The van der Waals surface area contributed by atoms with E-state index < -0.39 is 54.8 Å². The zero-order valence-corrected chi connectivity index (χ0v) is 21.0. The number of rotatable bonds is 5. The predicted molar refractivity (Wildman–Crippen MR) is 125 cm³/mol. The number of allylic oxidation sites excluding steroid dienone is 2. The number of ether oxygens (including phenoxy) is 2. The van der Waals surface area contributed by atoms with E-state index in [-0.39, 0.29) is 23.4 Å². The molecule has 4 aliphatic rings. The Bertz CT molecular complexity index is 830. The van der Waals surface area contributed by atoms with Crippen LogP contribution in [0.4, 0.5) is 0 Å². The maximum absolute atomic E-state index is 13.6. The molecule has 6 N–H and O–H groups in total. The zero-order valence-electron chi connectivity index (χ0n) is 21.0. The molecule has 0 aromatic rings. The first kappa shape index (κ1) is 27.0. The molecule has 2 saturated carbocycles. The third kappa shape index (κ3) is 4.37. The predicted octanol–water partition coefficient (Wildman–Crippen LogP) is 0.632. The molecule has 0 radical (unpaired) electrons. The van der Waals surface area contributed by atoms with Crippen LogP contribution in [-0.4, -0.2) is 86.6 Å². The Balaban J connectivity index is 1.56. The molecule has 9 nitrogen and oxygen atoms in total. The Morgan fingerprint density at radius 1 is 1.11 bits per heavy atom. The van der Waals surface area contributed by atoms with Crippen LogP contribution in [0.5, 0.6) is 0 Å². The third-order valence-electron chi connectivity index (χ3n) is 9.85. The second-order valence-corrected chi connectivity index (χ2v) is 12.0. The van der Waals surface area contributed by atoms with Crippen molar-refractivity contribution in [3.8, 4) is 0 Å². The summed E-state index contributed by atoms with van der Waals surface area (Å²) in [6.45, 7) is 5.31. The molecule has 11 atom stereocenters. The van der Waals surface area contributed by atoms with Gasteiger partial charge in [0.1, 0.15) is 24.4 Å². The Hall–Kier alpha value is -1.07. The van der Waals surface area contributed by atoms with Crippen LogP contribution in [0.25, 0.3) is 0 Å². The van der Waals surface area contributed by atoms with Gasteiger partial charge in [-0.15, -0.1) is 0 Å². The van der Waals surface area contributed by atoms with Gasteiger partial charge in [0.25, 0.3) is 0 Å². The Labute approximate surface area is 206 Å². The highest BCUT2D eigenvalue weighted by Gasteiger charge is 2.59.